The predicted molar refractivity (Wildman–Crippen MR) is 208 cm³/mol. The van der Waals surface area contributed by atoms with Gasteiger partial charge in [-0.05, 0) is 45.7 Å². The number of alkyl halides is 1. The van der Waals surface area contributed by atoms with Crippen LogP contribution in [0, 0.1) is 5.82 Å². The van der Waals surface area contributed by atoms with Gasteiger partial charge < -0.3 is 29.6 Å². The molecule has 6 rings (SSSR count). The van der Waals surface area contributed by atoms with Crippen molar-refractivity contribution in [2.75, 3.05) is 38.7 Å². The molecule has 4 aromatic rings. The molecule has 0 aliphatic carbocycles. The lowest BCUT2D eigenvalue weighted by Gasteiger charge is -2.29. The van der Waals surface area contributed by atoms with Gasteiger partial charge in [0.1, 0.15) is 11.4 Å². The number of amides is 3. The molecule has 0 bridgehead atoms. The SMILES string of the molecule is COc1nc(-c2ccnc(-c3cccc(NC(=O)c4nc5c(n4C)CCN(CCCF)C5)c3Cl)c2Cl)cc(F)c1CN(C[C@@H]1CCC(=O)N1)C(=O)OC(C)(C)C. The van der Waals surface area contributed by atoms with E-state index in [1.807, 2.05) is 0 Å². The van der Waals surface area contributed by atoms with Crippen LogP contribution >= 0.6 is 23.2 Å². The number of anilines is 1. The van der Waals surface area contributed by atoms with Gasteiger partial charge in [-0.1, -0.05) is 35.3 Å². The molecule has 0 saturated carbocycles. The van der Waals surface area contributed by atoms with Crippen LogP contribution in [0.25, 0.3) is 22.5 Å². The third kappa shape index (κ3) is 9.06. The van der Waals surface area contributed by atoms with Crippen LogP contribution in [0.3, 0.4) is 0 Å². The molecule has 1 fully saturated rings. The number of hydrogen-bond donors (Lipinski definition) is 2. The minimum Gasteiger partial charge on any atom is -0.481 e. The molecule has 3 amide bonds. The summed E-state index contributed by atoms with van der Waals surface area (Å²) < 4.78 is 41.8. The molecular weight excluding hydrogens is 769 g/mol. The number of nitrogens with zero attached hydrogens (tertiary/aromatic N) is 6. The summed E-state index contributed by atoms with van der Waals surface area (Å²) in [6, 6.07) is 7.47. The maximum absolute atomic E-state index is 16.1. The molecule has 0 spiro atoms. The highest BCUT2D eigenvalue weighted by molar-refractivity contribution is 6.39. The lowest BCUT2D eigenvalue weighted by atomic mass is 10.0. The Hall–Kier alpha value is -4.86. The Morgan fingerprint density at radius 2 is 1.91 bits per heavy atom. The van der Waals surface area contributed by atoms with Crippen molar-refractivity contribution in [3.63, 3.8) is 0 Å². The van der Waals surface area contributed by atoms with Gasteiger partial charge >= 0.3 is 6.09 Å². The van der Waals surface area contributed by atoms with Crippen molar-refractivity contribution >= 4 is 46.8 Å². The molecule has 0 radical (unpaired) electrons. The van der Waals surface area contributed by atoms with Gasteiger partial charge in [0.2, 0.25) is 11.8 Å². The quantitative estimate of drug-likeness (QED) is 0.155. The summed E-state index contributed by atoms with van der Waals surface area (Å²) >= 11 is 13.8. The maximum atomic E-state index is 16.1. The number of fused-ring (bicyclic) bond motifs is 1. The zero-order chi connectivity index (χ0) is 40.3. The first-order chi connectivity index (χ1) is 26.7. The number of imidazole rings is 1. The number of nitrogens with one attached hydrogen (secondary N) is 2. The molecule has 298 valence electrons. The summed E-state index contributed by atoms with van der Waals surface area (Å²) in [6.45, 7) is 6.55. The second-order valence-corrected chi connectivity index (χ2v) is 15.5. The fraction of sp³-hybridized carbons (Fsp3) is 0.436. The Kier molecular flexibility index (Phi) is 12.5. The van der Waals surface area contributed by atoms with Crippen molar-refractivity contribution in [1.82, 2.24) is 34.6 Å². The van der Waals surface area contributed by atoms with Gasteiger partial charge in [0.25, 0.3) is 5.91 Å². The topological polar surface area (TPSA) is 144 Å². The molecule has 2 aliphatic rings. The van der Waals surface area contributed by atoms with Crippen molar-refractivity contribution in [1.29, 1.82) is 0 Å². The first-order valence-electron chi connectivity index (χ1n) is 18.3. The molecule has 13 nitrogen and oxygen atoms in total. The van der Waals surface area contributed by atoms with E-state index >= 15 is 4.39 Å². The number of aromatic nitrogens is 4. The minimum atomic E-state index is -0.817. The molecule has 1 atom stereocenters. The molecule has 1 saturated heterocycles. The Morgan fingerprint density at radius 3 is 2.61 bits per heavy atom. The number of benzene rings is 1. The number of carbonyl (C=O) groups excluding carboxylic acids is 3. The number of hydrogen-bond acceptors (Lipinski definition) is 9. The lowest BCUT2D eigenvalue weighted by molar-refractivity contribution is -0.119. The van der Waals surface area contributed by atoms with Gasteiger partial charge in [0, 0.05) is 81.2 Å². The largest absolute Gasteiger partial charge is 0.481 e. The number of ether oxygens (including phenoxy) is 2. The number of halogens is 4. The summed E-state index contributed by atoms with van der Waals surface area (Å²) in [5.41, 5.74) is 2.33. The summed E-state index contributed by atoms with van der Waals surface area (Å²) in [5.74, 6) is -1.16. The van der Waals surface area contributed by atoms with Gasteiger partial charge in [-0.25, -0.2) is 19.2 Å². The fourth-order valence-corrected chi connectivity index (χ4v) is 7.42. The predicted octanol–water partition coefficient (Wildman–Crippen LogP) is 6.98. The van der Waals surface area contributed by atoms with Gasteiger partial charge in [-0.3, -0.25) is 23.9 Å². The molecule has 2 aliphatic heterocycles. The maximum Gasteiger partial charge on any atom is 0.410 e. The zero-order valence-corrected chi connectivity index (χ0v) is 33.4. The molecule has 56 heavy (non-hydrogen) atoms. The lowest BCUT2D eigenvalue weighted by Crippen LogP contribution is -2.44. The first kappa shape index (κ1) is 40.8. The molecule has 2 N–H and O–H groups in total. The number of rotatable bonds is 12. The highest BCUT2D eigenvalue weighted by Gasteiger charge is 2.31. The monoisotopic (exact) mass is 812 g/mol. The third-order valence-corrected chi connectivity index (χ3v) is 10.4. The van der Waals surface area contributed by atoms with Gasteiger partial charge in [0.05, 0.1) is 58.7 Å². The molecule has 0 unspecified atom stereocenters. The Bertz CT molecular complexity index is 2140. The van der Waals surface area contributed by atoms with E-state index in [2.05, 4.69) is 30.5 Å². The van der Waals surface area contributed by atoms with Crippen molar-refractivity contribution in [2.24, 2.45) is 7.05 Å². The summed E-state index contributed by atoms with van der Waals surface area (Å²) in [7, 11) is 3.13. The smallest absolute Gasteiger partial charge is 0.410 e. The molecule has 1 aromatic carbocycles. The second kappa shape index (κ2) is 17.1. The van der Waals surface area contributed by atoms with Gasteiger partial charge in [0.15, 0.2) is 5.82 Å². The highest BCUT2D eigenvalue weighted by atomic mass is 35.5. The van der Waals surface area contributed by atoms with E-state index in [0.717, 1.165) is 17.9 Å². The van der Waals surface area contributed by atoms with E-state index in [4.69, 9.17) is 32.7 Å². The molecule has 17 heteroatoms. The summed E-state index contributed by atoms with van der Waals surface area (Å²) in [6.07, 6.45) is 2.78. The average Bonchev–Trinajstić information content (AvgIpc) is 3.72. The van der Waals surface area contributed by atoms with Crippen molar-refractivity contribution in [3.05, 3.63) is 75.2 Å². The second-order valence-electron chi connectivity index (χ2n) is 14.7. The highest BCUT2D eigenvalue weighted by Crippen LogP contribution is 2.41. The Balaban J connectivity index is 1.25. The van der Waals surface area contributed by atoms with Crippen LogP contribution < -0.4 is 15.4 Å². The van der Waals surface area contributed by atoms with Crippen LogP contribution in [0.15, 0.2) is 36.5 Å². The zero-order valence-electron chi connectivity index (χ0n) is 31.8. The van der Waals surface area contributed by atoms with Gasteiger partial charge in [-0.15, -0.1) is 0 Å². The van der Waals surface area contributed by atoms with Crippen molar-refractivity contribution in [2.45, 2.75) is 71.2 Å². The van der Waals surface area contributed by atoms with E-state index in [9.17, 15) is 18.8 Å². The fourth-order valence-electron chi connectivity index (χ4n) is 6.85. The van der Waals surface area contributed by atoms with Crippen LogP contribution in [0.2, 0.25) is 10.0 Å². The van der Waals surface area contributed by atoms with Gasteiger partial charge in [-0.2, -0.15) is 0 Å². The Labute approximate surface area is 333 Å². The molecular formula is C39H44Cl2F2N8O5. The van der Waals surface area contributed by atoms with Crippen LogP contribution in [0.1, 0.15) is 67.6 Å². The third-order valence-electron chi connectivity index (χ3n) is 9.56. The van der Waals surface area contributed by atoms with E-state index in [1.165, 1.54) is 24.3 Å². The standard InChI is InChI=1S/C39H44Cl2F2N8O5/c1-39(2,3)56-38(54)51(19-22-10-11-31(52)45-22)20-25-26(43)18-28(48-37(25)55-5)23-12-15-44-34(33(23)41)24-8-6-9-27(32(24)40)47-36(53)35-46-29-21-50(16-7-14-42)17-13-30(29)49(35)4/h6,8-9,12,15,18,22H,7,10-11,13-14,16-17,19-21H2,1-5H3,(H,45,52)(H,47,53)/t22-/m0/s1. The number of pyridine rings is 2. The van der Waals surface area contributed by atoms with Crippen molar-refractivity contribution in [3.8, 4) is 28.4 Å². The Morgan fingerprint density at radius 1 is 1.12 bits per heavy atom. The summed E-state index contributed by atoms with van der Waals surface area (Å²) in [5, 5.41) is 5.97. The average molecular weight is 814 g/mol. The number of methoxy groups -OCH3 is 1. The number of carbonyl (C=O) groups is 3. The first-order valence-corrected chi connectivity index (χ1v) is 19.0. The van der Waals surface area contributed by atoms with Crippen LogP contribution in [-0.2, 0) is 36.1 Å². The molecule has 5 heterocycles. The van der Waals surface area contributed by atoms with E-state index in [1.54, 1.807) is 56.7 Å². The van der Waals surface area contributed by atoms with Crippen LogP contribution in [0.5, 0.6) is 5.88 Å². The summed E-state index contributed by atoms with van der Waals surface area (Å²) in [4.78, 5) is 55.8. The minimum absolute atomic E-state index is 0.00557. The molecule has 3 aromatic heterocycles. The van der Waals surface area contributed by atoms with Crippen LogP contribution in [0.4, 0.5) is 19.3 Å². The van der Waals surface area contributed by atoms with E-state index in [-0.39, 0.29) is 70.4 Å². The normalized spacial score (nSPS) is 15.7. The van der Waals surface area contributed by atoms with E-state index < -0.39 is 23.4 Å². The van der Waals surface area contributed by atoms with Crippen molar-refractivity contribution < 1.29 is 32.6 Å². The van der Waals surface area contributed by atoms with Crippen LogP contribution in [-0.4, -0.2) is 92.3 Å². The van der Waals surface area contributed by atoms with E-state index in [0.29, 0.717) is 55.6 Å².